The highest BCUT2D eigenvalue weighted by Gasteiger charge is 2.16. The third-order valence-electron chi connectivity index (χ3n) is 2.71. The Balaban J connectivity index is 2.56. The smallest absolute Gasteiger partial charge is 0.237 e. The van der Waals surface area contributed by atoms with E-state index < -0.39 is 0 Å². The minimum Gasteiger partial charge on any atom is -0.473 e. The van der Waals surface area contributed by atoms with E-state index in [9.17, 15) is 0 Å². The molecule has 4 heteroatoms. The van der Waals surface area contributed by atoms with Crippen molar-refractivity contribution in [3.8, 4) is 5.88 Å². The molecular weight excluding hydrogens is 228 g/mol. The second kappa shape index (κ2) is 6.59. The lowest BCUT2D eigenvalue weighted by molar-refractivity contribution is 0.0184. The van der Waals surface area contributed by atoms with E-state index in [0.717, 1.165) is 18.7 Å². The first-order valence-electron chi connectivity index (χ1n) is 6.35. The Bertz CT molecular complexity index is 365. The van der Waals surface area contributed by atoms with Gasteiger partial charge in [-0.1, -0.05) is 0 Å². The summed E-state index contributed by atoms with van der Waals surface area (Å²) in [5.41, 5.74) is 0.812. The van der Waals surface area contributed by atoms with Gasteiger partial charge >= 0.3 is 0 Å². The molecule has 0 amide bonds. The van der Waals surface area contributed by atoms with E-state index in [1.807, 2.05) is 26.0 Å². The van der Waals surface area contributed by atoms with Crippen LogP contribution in [-0.2, 0) is 4.74 Å². The van der Waals surface area contributed by atoms with Crippen molar-refractivity contribution in [3.63, 3.8) is 0 Å². The van der Waals surface area contributed by atoms with Crippen LogP contribution < -0.4 is 10.1 Å². The quantitative estimate of drug-likeness (QED) is 0.810. The number of aromatic nitrogens is 1. The van der Waals surface area contributed by atoms with Crippen LogP contribution in [0.2, 0.25) is 0 Å². The summed E-state index contributed by atoms with van der Waals surface area (Å²) in [4.78, 5) is 4.24. The van der Waals surface area contributed by atoms with E-state index >= 15 is 0 Å². The molecular formula is C14H24N2O2. The van der Waals surface area contributed by atoms with Gasteiger partial charge in [-0.3, -0.25) is 0 Å². The Morgan fingerprint density at radius 2 is 2.11 bits per heavy atom. The summed E-state index contributed by atoms with van der Waals surface area (Å²) < 4.78 is 11.0. The number of hydrogen-bond acceptors (Lipinski definition) is 4. The van der Waals surface area contributed by atoms with Crippen molar-refractivity contribution in [1.82, 2.24) is 4.98 Å². The fraction of sp³-hybridized carbons (Fsp3) is 0.643. The molecule has 0 aliphatic rings. The Morgan fingerprint density at radius 3 is 2.72 bits per heavy atom. The molecule has 0 unspecified atom stereocenters. The molecule has 102 valence electrons. The number of nitrogens with zero attached hydrogens (tertiary/aromatic N) is 1. The Hall–Kier alpha value is -1.29. The molecule has 18 heavy (non-hydrogen) atoms. The maximum absolute atomic E-state index is 5.65. The number of anilines is 1. The van der Waals surface area contributed by atoms with E-state index in [-0.39, 0.29) is 11.7 Å². The van der Waals surface area contributed by atoms with Gasteiger partial charge < -0.3 is 14.8 Å². The Labute approximate surface area is 110 Å². The second-order valence-electron chi connectivity index (χ2n) is 5.16. The van der Waals surface area contributed by atoms with E-state index in [1.54, 1.807) is 13.3 Å². The van der Waals surface area contributed by atoms with Gasteiger partial charge in [0.15, 0.2) is 0 Å². The van der Waals surface area contributed by atoms with Crippen LogP contribution >= 0.6 is 0 Å². The number of pyridine rings is 1. The van der Waals surface area contributed by atoms with Crippen LogP contribution in [0.5, 0.6) is 5.88 Å². The van der Waals surface area contributed by atoms with Gasteiger partial charge in [0.25, 0.3) is 0 Å². The maximum Gasteiger partial charge on any atom is 0.237 e. The van der Waals surface area contributed by atoms with Crippen LogP contribution in [0.15, 0.2) is 18.3 Å². The standard InChI is InChI=1S/C14H24N2O2/c1-11(2)18-13-12(7-6-9-16-13)15-10-8-14(3,4)17-5/h6-7,9,11,15H,8,10H2,1-5H3. The summed E-state index contributed by atoms with van der Waals surface area (Å²) >= 11 is 0. The minimum atomic E-state index is -0.117. The molecule has 0 fully saturated rings. The number of methoxy groups -OCH3 is 1. The number of nitrogens with one attached hydrogen (secondary N) is 1. The fourth-order valence-corrected chi connectivity index (χ4v) is 1.44. The molecule has 0 saturated carbocycles. The van der Waals surface area contributed by atoms with Crippen molar-refractivity contribution in [2.45, 2.75) is 45.8 Å². The van der Waals surface area contributed by atoms with E-state index in [4.69, 9.17) is 9.47 Å². The van der Waals surface area contributed by atoms with Gasteiger partial charge in [0.2, 0.25) is 5.88 Å². The van der Waals surface area contributed by atoms with E-state index in [0.29, 0.717) is 5.88 Å². The number of hydrogen-bond donors (Lipinski definition) is 1. The highest BCUT2D eigenvalue weighted by molar-refractivity contribution is 5.52. The first-order chi connectivity index (χ1) is 8.44. The summed E-state index contributed by atoms with van der Waals surface area (Å²) in [7, 11) is 1.73. The molecule has 1 N–H and O–H groups in total. The molecule has 1 rings (SSSR count). The molecule has 1 heterocycles. The van der Waals surface area contributed by atoms with Crippen molar-refractivity contribution >= 4 is 5.69 Å². The third-order valence-corrected chi connectivity index (χ3v) is 2.71. The highest BCUT2D eigenvalue weighted by atomic mass is 16.5. The first kappa shape index (κ1) is 14.8. The van der Waals surface area contributed by atoms with Crippen molar-refractivity contribution in [3.05, 3.63) is 18.3 Å². The lowest BCUT2D eigenvalue weighted by Crippen LogP contribution is -2.26. The van der Waals surface area contributed by atoms with Gasteiger partial charge in [-0.05, 0) is 46.2 Å². The molecule has 0 aromatic carbocycles. The lowest BCUT2D eigenvalue weighted by Gasteiger charge is -2.23. The van der Waals surface area contributed by atoms with Crippen molar-refractivity contribution < 1.29 is 9.47 Å². The summed E-state index contributed by atoms with van der Waals surface area (Å²) in [6.45, 7) is 8.95. The molecule has 0 saturated heterocycles. The van der Waals surface area contributed by atoms with Crippen LogP contribution in [0.4, 0.5) is 5.69 Å². The van der Waals surface area contributed by atoms with Crippen molar-refractivity contribution in [1.29, 1.82) is 0 Å². The highest BCUT2D eigenvalue weighted by Crippen LogP contribution is 2.22. The van der Waals surface area contributed by atoms with Crippen LogP contribution in [0.1, 0.15) is 34.1 Å². The fourth-order valence-electron chi connectivity index (χ4n) is 1.44. The zero-order valence-electron chi connectivity index (χ0n) is 12.0. The second-order valence-corrected chi connectivity index (χ2v) is 5.16. The third kappa shape index (κ3) is 4.92. The zero-order valence-corrected chi connectivity index (χ0v) is 12.0. The van der Waals surface area contributed by atoms with E-state index in [1.165, 1.54) is 0 Å². The summed E-state index contributed by atoms with van der Waals surface area (Å²) in [5.74, 6) is 0.655. The average molecular weight is 252 g/mol. The molecule has 0 aliphatic carbocycles. The Kier molecular flexibility index (Phi) is 5.41. The molecule has 0 radical (unpaired) electrons. The summed E-state index contributed by atoms with van der Waals surface area (Å²) in [6.07, 6.45) is 2.78. The first-order valence-corrected chi connectivity index (χ1v) is 6.35. The summed E-state index contributed by atoms with van der Waals surface area (Å²) in [5, 5.41) is 3.34. The molecule has 4 nitrogen and oxygen atoms in total. The van der Waals surface area contributed by atoms with Crippen LogP contribution in [0.3, 0.4) is 0 Å². The molecule has 0 aliphatic heterocycles. The van der Waals surface area contributed by atoms with Crippen LogP contribution in [0.25, 0.3) is 0 Å². The molecule has 0 atom stereocenters. The van der Waals surface area contributed by atoms with Gasteiger partial charge in [-0.15, -0.1) is 0 Å². The largest absolute Gasteiger partial charge is 0.473 e. The maximum atomic E-state index is 5.65. The van der Waals surface area contributed by atoms with Gasteiger partial charge in [0, 0.05) is 19.9 Å². The average Bonchev–Trinajstić information content (AvgIpc) is 2.30. The molecule has 0 spiro atoms. The van der Waals surface area contributed by atoms with Gasteiger partial charge in [0.05, 0.1) is 17.4 Å². The minimum absolute atomic E-state index is 0.117. The van der Waals surface area contributed by atoms with Crippen molar-refractivity contribution in [2.75, 3.05) is 19.0 Å². The predicted molar refractivity (Wildman–Crippen MR) is 74.2 cm³/mol. The molecule has 0 bridgehead atoms. The topological polar surface area (TPSA) is 43.4 Å². The number of rotatable bonds is 7. The SMILES string of the molecule is COC(C)(C)CCNc1cccnc1OC(C)C. The molecule has 1 aromatic heterocycles. The predicted octanol–water partition coefficient (Wildman–Crippen LogP) is 3.10. The lowest BCUT2D eigenvalue weighted by atomic mass is 10.1. The zero-order chi connectivity index (χ0) is 13.6. The van der Waals surface area contributed by atoms with E-state index in [2.05, 4.69) is 24.1 Å². The van der Waals surface area contributed by atoms with Gasteiger partial charge in [0.1, 0.15) is 0 Å². The molecule has 1 aromatic rings. The van der Waals surface area contributed by atoms with Gasteiger partial charge in [-0.2, -0.15) is 0 Å². The monoisotopic (exact) mass is 252 g/mol. The van der Waals surface area contributed by atoms with Crippen LogP contribution in [0, 0.1) is 0 Å². The number of ether oxygens (including phenoxy) is 2. The normalized spacial score (nSPS) is 11.7. The summed E-state index contributed by atoms with van der Waals surface area (Å²) in [6, 6.07) is 3.88. The van der Waals surface area contributed by atoms with Crippen LogP contribution in [-0.4, -0.2) is 30.3 Å². The van der Waals surface area contributed by atoms with Crippen molar-refractivity contribution in [2.24, 2.45) is 0 Å². The van der Waals surface area contributed by atoms with Gasteiger partial charge in [-0.25, -0.2) is 4.98 Å². The Morgan fingerprint density at radius 1 is 1.39 bits per heavy atom.